The van der Waals surface area contributed by atoms with Gasteiger partial charge in [0.1, 0.15) is 0 Å². The van der Waals surface area contributed by atoms with E-state index in [1.807, 2.05) is 0 Å². The minimum Gasteiger partial charge on any atom is -0.550 e. The van der Waals surface area contributed by atoms with Gasteiger partial charge in [-0.15, -0.1) is 0 Å². The van der Waals surface area contributed by atoms with E-state index in [0.29, 0.717) is 0 Å². The number of aliphatic carboxylic acids is 2. The normalized spacial score (nSPS) is 10.0. The minimum absolute atomic E-state index is 0.0146. The van der Waals surface area contributed by atoms with Crippen molar-refractivity contribution in [3.63, 3.8) is 0 Å². The minimum atomic E-state index is -1.20. The van der Waals surface area contributed by atoms with Crippen LogP contribution in [-0.2, 0) is 20.5 Å². The van der Waals surface area contributed by atoms with E-state index in [9.17, 15) is 14.7 Å². The fraction of sp³-hybridized carbons (Fsp3) is 0.130. The third-order valence-electron chi connectivity index (χ3n) is 3.71. The molecule has 28 heavy (non-hydrogen) atoms. The van der Waals surface area contributed by atoms with E-state index in [4.69, 9.17) is 5.11 Å². The molecule has 0 radical (unpaired) electrons. The highest BCUT2D eigenvalue weighted by atomic mass is 32.2. The van der Waals surface area contributed by atoms with Crippen molar-refractivity contribution >= 4 is 22.8 Å². The molecule has 0 heterocycles. The van der Waals surface area contributed by atoms with Crippen molar-refractivity contribution in [1.82, 2.24) is 0 Å². The van der Waals surface area contributed by atoms with Gasteiger partial charge in [0.15, 0.2) is 14.7 Å². The zero-order valence-electron chi connectivity index (χ0n) is 15.4. The van der Waals surface area contributed by atoms with Crippen molar-refractivity contribution in [1.29, 1.82) is 0 Å². The van der Waals surface area contributed by atoms with Crippen LogP contribution in [0.4, 0.5) is 0 Å². The number of rotatable bonds is 7. The first kappa shape index (κ1) is 21.3. The molecule has 0 saturated carbocycles. The zero-order valence-corrected chi connectivity index (χ0v) is 16.2. The van der Waals surface area contributed by atoms with Gasteiger partial charge in [0.2, 0.25) is 0 Å². The van der Waals surface area contributed by atoms with Crippen LogP contribution in [-0.4, -0.2) is 17.0 Å². The Balaban J connectivity index is 0.000000266. The van der Waals surface area contributed by atoms with E-state index in [1.54, 1.807) is 0 Å². The molecule has 0 atom stereocenters. The lowest BCUT2D eigenvalue weighted by Crippen LogP contribution is -2.21. The van der Waals surface area contributed by atoms with Crippen LogP contribution in [0.15, 0.2) is 106 Å². The smallest absolute Gasteiger partial charge is 0.303 e. The van der Waals surface area contributed by atoms with E-state index < -0.39 is 11.9 Å². The summed E-state index contributed by atoms with van der Waals surface area (Å²) in [5.41, 5.74) is 0. The second-order valence-corrected chi connectivity index (χ2v) is 7.89. The van der Waals surface area contributed by atoms with Gasteiger partial charge in [0.05, 0.1) is 10.9 Å². The highest BCUT2D eigenvalue weighted by Gasteiger charge is 2.27. The molecule has 0 aliphatic carbocycles. The molecule has 0 bridgehead atoms. The first-order chi connectivity index (χ1) is 13.6. The molecule has 3 aromatic rings. The molecule has 0 aromatic heterocycles. The van der Waals surface area contributed by atoms with Crippen LogP contribution in [0.25, 0.3) is 0 Å². The first-order valence-corrected chi connectivity index (χ1v) is 10.1. The quantitative estimate of drug-likeness (QED) is 0.619. The van der Waals surface area contributed by atoms with E-state index in [0.717, 1.165) is 0 Å². The predicted molar refractivity (Wildman–Crippen MR) is 108 cm³/mol. The second-order valence-electron chi connectivity index (χ2n) is 5.86. The molecular formula is C23H22O4S. The standard InChI is InChI=1S/C18H15S.C5H8O4/c1-4-10-16(11-5-1)19(17-12-6-2-7-13-17)18-14-8-3-9-15-18;6-4(7)2-1-3-5(8)9/h1-15H;1-3H2,(H,6,7)(H,8,9)/q+1;/p-1. The average Bonchev–Trinajstić information content (AvgIpc) is 2.71. The summed E-state index contributed by atoms with van der Waals surface area (Å²) in [6.45, 7) is 0. The Morgan fingerprint density at radius 3 is 1.32 bits per heavy atom. The van der Waals surface area contributed by atoms with Crippen LogP contribution >= 0.6 is 0 Å². The lowest BCUT2D eigenvalue weighted by molar-refractivity contribution is -0.305. The molecule has 1 N–H and O–H groups in total. The Bertz CT molecular complexity index is 744. The molecule has 0 amide bonds. The van der Waals surface area contributed by atoms with Crippen LogP contribution in [0.5, 0.6) is 0 Å². The molecule has 0 aliphatic heterocycles. The Hall–Kier alpha value is -3.05. The number of carbonyl (C=O) groups excluding carboxylic acids is 1. The first-order valence-electron chi connectivity index (χ1n) is 8.89. The van der Waals surface area contributed by atoms with Gasteiger partial charge in [-0.25, -0.2) is 0 Å². The van der Waals surface area contributed by atoms with Gasteiger partial charge in [-0.1, -0.05) is 54.6 Å². The molecule has 0 fully saturated rings. The molecule has 0 spiro atoms. The van der Waals surface area contributed by atoms with Crippen LogP contribution in [0.2, 0.25) is 0 Å². The molecule has 144 valence electrons. The summed E-state index contributed by atoms with van der Waals surface area (Å²) in [6, 6.07) is 32.2. The molecule has 0 saturated heterocycles. The maximum absolute atomic E-state index is 9.77. The topological polar surface area (TPSA) is 77.4 Å². The number of benzene rings is 3. The third kappa shape index (κ3) is 7.29. The van der Waals surface area contributed by atoms with Gasteiger partial charge in [-0.3, -0.25) is 4.79 Å². The van der Waals surface area contributed by atoms with Gasteiger partial charge < -0.3 is 15.0 Å². The van der Waals surface area contributed by atoms with Crippen molar-refractivity contribution in [3.8, 4) is 0 Å². The van der Waals surface area contributed by atoms with Crippen LogP contribution < -0.4 is 5.11 Å². The van der Waals surface area contributed by atoms with Crippen LogP contribution in [0.3, 0.4) is 0 Å². The summed E-state index contributed by atoms with van der Waals surface area (Å²) in [6.07, 6.45) is -0.127. The highest BCUT2D eigenvalue weighted by Crippen LogP contribution is 2.30. The van der Waals surface area contributed by atoms with E-state index >= 15 is 0 Å². The number of carbonyl (C=O) groups is 2. The molecule has 0 aliphatic rings. The maximum atomic E-state index is 9.77. The largest absolute Gasteiger partial charge is 0.550 e. The zero-order chi connectivity index (χ0) is 20.2. The van der Waals surface area contributed by atoms with Gasteiger partial charge in [0.25, 0.3) is 0 Å². The lowest BCUT2D eigenvalue weighted by Gasteiger charge is -2.07. The monoisotopic (exact) mass is 394 g/mol. The summed E-state index contributed by atoms with van der Waals surface area (Å²) < 4.78 is 0. The van der Waals surface area contributed by atoms with Crippen molar-refractivity contribution in [3.05, 3.63) is 91.0 Å². The summed E-state index contributed by atoms with van der Waals surface area (Å²) in [5.74, 6) is -2.17. The van der Waals surface area contributed by atoms with Gasteiger partial charge in [0, 0.05) is 12.4 Å². The fourth-order valence-corrected chi connectivity index (χ4v) is 4.57. The Morgan fingerprint density at radius 2 is 1.04 bits per heavy atom. The fourth-order valence-electron chi connectivity index (χ4n) is 2.46. The van der Waals surface area contributed by atoms with E-state index in [-0.39, 0.29) is 30.2 Å². The Kier molecular flexibility index (Phi) is 8.82. The molecular weight excluding hydrogens is 372 g/mol. The summed E-state index contributed by atoms with van der Waals surface area (Å²) in [7, 11) is -0.0146. The molecule has 3 rings (SSSR count). The van der Waals surface area contributed by atoms with E-state index in [1.165, 1.54) is 14.7 Å². The van der Waals surface area contributed by atoms with E-state index in [2.05, 4.69) is 91.0 Å². The molecule has 3 aromatic carbocycles. The van der Waals surface area contributed by atoms with Crippen LogP contribution in [0, 0.1) is 0 Å². The molecule has 4 nitrogen and oxygen atoms in total. The number of hydrogen-bond acceptors (Lipinski definition) is 3. The average molecular weight is 394 g/mol. The molecule has 0 unspecified atom stereocenters. The predicted octanol–water partition coefficient (Wildman–Crippen LogP) is 3.77. The Morgan fingerprint density at radius 1 is 0.679 bits per heavy atom. The summed E-state index contributed by atoms with van der Waals surface area (Å²) in [5, 5.41) is 17.7. The van der Waals surface area contributed by atoms with Crippen molar-refractivity contribution < 1.29 is 19.8 Å². The number of carboxylic acid groups (broad SMARTS) is 2. The molecule has 5 heteroatoms. The number of hydrogen-bond donors (Lipinski definition) is 1. The third-order valence-corrected chi connectivity index (χ3v) is 5.94. The van der Waals surface area contributed by atoms with Crippen molar-refractivity contribution in [2.75, 3.05) is 0 Å². The number of carboxylic acids is 2. The maximum Gasteiger partial charge on any atom is 0.303 e. The Labute approximate surface area is 167 Å². The second kappa shape index (κ2) is 11.6. The highest BCUT2D eigenvalue weighted by molar-refractivity contribution is 7.97. The van der Waals surface area contributed by atoms with Gasteiger partial charge in [-0.2, -0.15) is 0 Å². The van der Waals surface area contributed by atoms with Gasteiger partial charge >= 0.3 is 5.97 Å². The summed E-state index contributed by atoms with van der Waals surface area (Å²) in [4.78, 5) is 23.5. The van der Waals surface area contributed by atoms with Crippen LogP contribution in [0.1, 0.15) is 19.3 Å². The van der Waals surface area contributed by atoms with Crippen molar-refractivity contribution in [2.45, 2.75) is 33.9 Å². The summed E-state index contributed by atoms with van der Waals surface area (Å²) >= 11 is 0. The lowest BCUT2D eigenvalue weighted by atomic mass is 10.2. The van der Waals surface area contributed by atoms with Crippen molar-refractivity contribution in [2.24, 2.45) is 0 Å². The van der Waals surface area contributed by atoms with Gasteiger partial charge in [-0.05, 0) is 49.2 Å². The SMILES string of the molecule is O=C([O-])CCCC(=O)O.c1ccc([S+](c2ccccc2)c2ccccc2)cc1.